The Hall–Kier alpha value is -3.62. The van der Waals surface area contributed by atoms with Crippen molar-refractivity contribution in [3.05, 3.63) is 57.6 Å². The maximum atomic E-state index is 12.3. The van der Waals surface area contributed by atoms with Crippen molar-refractivity contribution >= 4 is 28.9 Å². The van der Waals surface area contributed by atoms with Crippen LogP contribution in [0.15, 0.2) is 36.4 Å². The molecule has 0 spiro atoms. The molecule has 1 amide bonds. The predicted molar refractivity (Wildman–Crippen MR) is 98.7 cm³/mol. The Bertz CT molecular complexity index is 897. The summed E-state index contributed by atoms with van der Waals surface area (Å²) in [6.07, 6.45) is -1.13. The topological polar surface area (TPSA) is 134 Å². The number of esters is 1. The Morgan fingerprint density at radius 2 is 1.96 bits per heavy atom. The first kappa shape index (κ1) is 19.7. The summed E-state index contributed by atoms with van der Waals surface area (Å²) >= 11 is 0. The van der Waals surface area contributed by atoms with Crippen molar-refractivity contribution in [1.82, 2.24) is 0 Å². The van der Waals surface area contributed by atoms with Crippen LogP contribution in [0.2, 0.25) is 0 Å². The summed E-state index contributed by atoms with van der Waals surface area (Å²) in [7, 11) is 1.32. The number of nitro benzene ring substituents is 1. The second-order valence-corrected chi connectivity index (χ2v) is 5.71. The Morgan fingerprint density at radius 3 is 2.59 bits per heavy atom. The van der Waals surface area contributed by atoms with Gasteiger partial charge in [-0.05, 0) is 31.5 Å². The lowest BCUT2D eigenvalue weighted by Crippen LogP contribution is -2.30. The van der Waals surface area contributed by atoms with E-state index in [2.05, 4.69) is 5.32 Å². The number of nitro groups is 1. The van der Waals surface area contributed by atoms with Crippen LogP contribution in [0.1, 0.15) is 22.8 Å². The smallest absolute Gasteiger partial charge is 0.341 e. The molecule has 2 aromatic carbocycles. The normalized spacial score (nSPS) is 11.4. The van der Waals surface area contributed by atoms with E-state index in [0.29, 0.717) is 0 Å². The third-order valence-electron chi connectivity index (χ3n) is 3.85. The first-order valence-corrected chi connectivity index (χ1v) is 7.94. The van der Waals surface area contributed by atoms with E-state index in [4.69, 9.17) is 15.2 Å². The number of ether oxygens (including phenoxy) is 2. The molecule has 1 atom stereocenters. The third kappa shape index (κ3) is 4.51. The number of hydrogen-bond donors (Lipinski definition) is 2. The summed E-state index contributed by atoms with van der Waals surface area (Å²) in [5.74, 6) is -1.24. The quantitative estimate of drug-likeness (QED) is 0.344. The van der Waals surface area contributed by atoms with Gasteiger partial charge in [-0.15, -0.1) is 0 Å². The minimum atomic E-state index is -1.13. The molecule has 0 aliphatic rings. The number of methoxy groups -OCH3 is 1. The van der Waals surface area contributed by atoms with Crippen LogP contribution in [0.5, 0.6) is 5.75 Å². The van der Waals surface area contributed by atoms with E-state index < -0.39 is 22.9 Å². The zero-order chi connectivity index (χ0) is 20.1. The van der Waals surface area contributed by atoms with Gasteiger partial charge in [0.25, 0.3) is 11.6 Å². The lowest BCUT2D eigenvalue weighted by Gasteiger charge is -2.16. The van der Waals surface area contributed by atoms with E-state index in [9.17, 15) is 19.7 Å². The first-order valence-electron chi connectivity index (χ1n) is 7.94. The summed E-state index contributed by atoms with van der Waals surface area (Å²) in [5.41, 5.74) is 7.07. The third-order valence-corrected chi connectivity index (χ3v) is 3.85. The summed E-state index contributed by atoms with van der Waals surface area (Å²) in [4.78, 5) is 34.8. The number of carbonyl (C=O) groups is 2. The number of nitrogens with zero attached hydrogens (tertiary/aromatic N) is 1. The lowest BCUT2D eigenvalue weighted by molar-refractivity contribution is -0.384. The average Bonchev–Trinajstić information content (AvgIpc) is 2.63. The highest BCUT2D eigenvalue weighted by Crippen LogP contribution is 2.29. The van der Waals surface area contributed by atoms with Gasteiger partial charge in [-0.2, -0.15) is 0 Å². The van der Waals surface area contributed by atoms with Crippen LogP contribution in [-0.2, 0) is 9.53 Å². The standard InChI is InChI=1S/C18H19N3O6/c1-10-5-4-6-13(16(10)19)18(23)27-11(2)17(22)20-14-8-7-12(21(24)25)9-15(14)26-3/h4-9,11H,19H2,1-3H3,(H,20,22)/t11-/m0/s1. The van der Waals surface area contributed by atoms with Gasteiger partial charge in [-0.25, -0.2) is 4.79 Å². The van der Waals surface area contributed by atoms with Crippen LogP contribution >= 0.6 is 0 Å². The molecule has 0 aliphatic carbocycles. The van der Waals surface area contributed by atoms with Crippen molar-refractivity contribution in [2.45, 2.75) is 20.0 Å². The number of hydrogen-bond acceptors (Lipinski definition) is 7. The molecule has 0 fully saturated rings. The monoisotopic (exact) mass is 373 g/mol. The Kier molecular flexibility index (Phi) is 5.96. The van der Waals surface area contributed by atoms with Crippen molar-refractivity contribution in [3.8, 4) is 5.75 Å². The highest BCUT2D eigenvalue weighted by molar-refractivity contribution is 6.00. The summed E-state index contributed by atoms with van der Waals surface area (Å²) in [6, 6.07) is 8.66. The lowest BCUT2D eigenvalue weighted by atomic mass is 10.1. The molecule has 142 valence electrons. The second kappa shape index (κ2) is 8.17. The SMILES string of the molecule is COc1cc([N+](=O)[O-])ccc1NC(=O)[C@H](C)OC(=O)c1cccc(C)c1N. The number of anilines is 2. The number of nitrogens with two attached hydrogens (primary N) is 1. The van der Waals surface area contributed by atoms with Crippen molar-refractivity contribution < 1.29 is 24.0 Å². The van der Waals surface area contributed by atoms with Gasteiger partial charge in [0.15, 0.2) is 6.10 Å². The number of aryl methyl sites for hydroxylation is 1. The first-order chi connectivity index (χ1) is 12.7. The van der Waals surface area contributed by atoms with Crippen LogP contribution in [0.4, 0.5) is 17.1 Å². The average molecular weight is 373 g/mol. The van der Waals surface area contributed by atoms with Gasteiger partial charge < -0.3 is 20.5 Å². The molecule has 0 heterocycles. The summed E-state index contributed by atoms with van der Waals surface area (Å²) < 4.78 is 10.2. The molecule has 9 nitrogen and oxygen atoms in total. The zero-order valence-electron chi connectivity index (χ0n) is 15.0. The van der Waals surface area contributed by atoms with E-state index >= 15 is 0 Å². The fraction of sp³-hybridized carbons (Fsp3) is 0.222. The summed E-state index contributed by atoms with van der Waals surface area (Å²) in [6.45, 7) is 3.15. The number of benzene rings is 2. The van der Waals surface area contributed by atoms with E-state index in [0.717, 1.165) is 5.56 Å². The molecule has 2 rings (SSSR count). The molecule has 0 unspecified atom stereocenters. The minimum Gasteiger partial charge on any atom is -0.494 e. The highest BCUT2D eigenvalue weighted by atomic mass is 16.6. The predicted octanol–water partition coefficient (Wildman–Crippen LogP) is 2.68. The Labute approximate surface area is 155 Å². The van der Waals surface area contributed by atoms with Gasteiger partial charge >= 0.3 is 5.97 Å². The molecule has 0 saturated carbocycles. The molecule has 0 aliphatic heterocycles. The van der Waals surface area contributed by atoms with Crippen LogP contribution in [0.3, 0.4) is 0 Å². The van der Waals surface area contributed by atoms with E-state index in [1.165, 1.54) is 38.3 Å². The number of rotatable bonds is 6. The van der Waals surface area contributed by atoms with Gasteiger partial charge in [-0.1, -0.05) is 12.1 Å². The van der Waals surface area contributed by atoms with Crippen LogP contribution < -0.4 is 15.8 Å². The van der Waals surface area contributed by atoms with Gasteiger partial charge in [0.05, 0.1) is 29.4 Å². The molecule has 9 heteroatoms. The molecular formula is C18H19N3O6. The highest BCUT2D eigenvalue weighted by Gasteiger charge is 2.22. The minimum absolute atomic E-state index is 0.110. The fourth-order valence-electron chi connectivity index (χ4n) is 2.27. The molecule has 2 aromatic rings. The number of amides is 1. The van der Waals surface area contributed by atoms with E-state index in [-0.39, 0.29) is 28.4 Å². The largest absolute Gasteiger partial charge is 0.494 e. The van der Waals surface area contributed by atoms with Crippen molar-refractivity contribution in [2.24, 2.45) is 0 Å². The van der Waals surface area contributed by atoms with Gasteiger partial charge in [0.1, 0.15) is 5.75 Å². The number of carbonyl (C=O) groups excluding carboxylic acids is 2. The van der Waals surface area contributed by atoms with Crippen molar-refractivity contribution in [2.75, 3.05) is 18.2 Å². The molecule has 3 N–H and O–H groups in total. The number of nitrogen functional groups attached to an aromatic ring is 1. The molecule has 0 bridgehead atoms. The van der Waals surface area contributed by atoms with E-state index in [1.54, 1.807) is 19.1 Å². The van der Waals surface area contributed by atoms with Crippen LogP contribution in [-0.4, -0.2) is 30.0 Å². The maximum Gasteiger partial charge on any atom is 0.341 e. The Balaban J connectivity index is 2.11. The van der Waals surface area contributed by atoms with Crippen LogP contribution in [0.25, 0.3) is 0 Å². The van der Waals surface area contributed by atoms with Crippen LogP contribution in [0, 0.1) is 17.0 Å². The van der Waals surface area contributed by atoms with Gasteiger partial charge in [0.2, 0.25) is 0 Å². The van der Waals surface area contributed by atoms with Gasteiger partial charge in [-0.3, -0.25) is 14.9 Å². The zero-order valence-corrected chi connectivity index (χ0v) is 15.0. The molecule has 0 saturated heterocycles. The van der Waals surface area contributed by atoms with Crippen molar-refractivity contribution in [1.29, 1.82) is 0 Å². The molecule has 27 heavy (non-hydrogen) atoms. The molecule has 0 aromatic heterocycles. The number of non-ortho nitro benzene ring substituents is 1. The van der Waals surface area contributed by atoms with E-state index in [1.807, 2.05) is 0 Å². The molecule has 0 radical (unpaired) electrons. The number of nitrogens with one attached hydrogen (secondary N) is 1. The number of para-hydroxylation sites is 1. The second-order valence-electron chi connectivity index (χ2n) is 5.71. The van der Waals surface area contributed by atoms with Gasteiger partial charge in [0, 0.05) is 11.8 Å². The maximum absolute atomic E-state index is 12.3. The Morgan fingerprint density at radius 1 is 1.26 bits per heavy atom. The summed E-state index contributed by atoms with van der Waals surface area (Å²) in [5, 5.41) is 13.3. The fourth-order valence-corrected chi connectivity index (χ4v) is 2.27. The molecular weight excluding hydrogens is 354 g/mol. The van der Waals surface area contributed by atoms with Crippen molar-refractivity contribution in [3.63, 3.8) is 0 Å².